The summed E-state index contributed by atoms with van der Waals surface area (Å²) >= 11 is 1.30. The Kier molecular flexibility index (Phi) is 6.70. The molecular formula is C23H26N2O5S. The van der Waals surface area contributed by atoms with Crippen LogP contribution in [-0.4, -0.2) is 73.1 Å². The molecule has 1 N–H and O–H groups in total. The van der Waals surface area contributed by atoms with Gasteiger partial charge < -0.3 is 19.5 Å². The summed E-state index contributed by atoms with van der Waals surface area (Å²) in [4.78, 5) is 30.6. The summed E-state index contributed by atoms with van der Waals surface area (Å²) in [6.07, 6.45) is 0.736. The van der Waals surface area contributed by atoms with Crippen LogP contribution in [0.1, 0.15) is 27.7 Å². The van der Waals surface area contributed by atoms with Gasteiger partial charge in [0.05, 0.1) is 36.8 Å². The van der Waals surface area contributed by atoms with E-state index in [1.54, 1.807) is 24.1 Å². The van der Waals surface area contributed by atoms with Crippen LogP contribution in [-0.2, 0) is 9.53 Å². The molecule has 1 aromatic carbocycles. The Bertz CT molecular complexity index is 966. The van der Waals surface area contributed by atoms with E-state index in [4.69, 9.17) is 9.47 Å². The fraction of sp³-hybridized carbons (Fsp3) is 0.391. The maximum Gasteiger partial charge on any atom is 0.290 e. The van der Waals surface area contributed by atoms with Crippen LogP contribution in [0.4, 0.5) is 0 Å². The van der Waals surface area contributed by atoms with Crippen LogP contribution in [0.2, 0.25) is 0 Å². The van der Waals surface area contributed by atoms with E-state index in [2.05, 4.69) is 4.90 Å². The summed E-state index contributed by atoms with van der Waals surface area (Å²) in [6, 6.07) is 10.2. The lowest BCUT2D eigenvalue weighted by Gasteiger charge is -2.30. The topological polar surface area (TPSA) is 79.3 Å². The van der Waals surface area contributed by atoms with Gasteiger partial charge in [0.1, 0.15) is 5.75 Å². The van der Waals surface area contributed by atoms with Crippen LogP contribution in [0.15, 0.2) is 53.1 Å². The van der Waals surface area contributed by atoms with Crippen molar-refractivity contribution in [1.82, 2.24) is 9.80 Å². The largest absolute Gasteiger partial charge is 0.503 e. The molecule has 164 valence electrons. The predicted octanol–water partition coefficient (Wildman–Crippen LogP) is 3.06. The Labute approximate surface area is 185 Å². The fourth-order valence-corrected chi connectivity index (χ4v) is 4.78. The molecule has 1 saturated heterocycles. The summed E-state index contributed by atoms with van der Waals surface area (Å²) in [6.45, 7) is 4.45. The molecule has 1 aromatic heterocycles. The van der Waals surface area contributed by atoms with E-state index >= 15 is 0 Å². The van der Waals surface area contributed by atoms with Gasteiger partial charge in [0.2, 0.25) is 5.78 Å². The molecule has 31 heavy (non-hydrogen) atoms. The number of ketones is 1. The van der Waals surface area contributed by atoms with E-state index in [1.165, 1.54) is 11.3 Å². The number of ether oxygens (including phenoxy) is 2. The minimum absolute atomic E-state index is 0.132. The van der Waals surface area contributed by atoms with Crippen LogP contribution < -0.4 is 4.74 Å². The number of methoxy groups -OCH3 is 1. The van der Waals surface area contributed by atoms with E-state index in [0.29, 0.717) is 17.2 Å². The van der Waals surface area contributed by atoms with Crippen molar-refractivity contribution in [2.45, 2.75) is 12.5 Å². The number of Topliss-reactive ketones (excluding diaryl/α,β-unsaturated/α-hetero) is 1. The van der Waals surface area contributed by atoms with E-state index in [0.717, 1.165) is 44.8 Å². The summed E-state index contributed by atoms with van der Waals surface area (Å²) in [7, 11) is 1.57. The molecule has 1 atom stereocenters. The number of rotatable bonds is 8. The highest BCUT2D eigenvalue weighted by Crippen LogP contribution is 2.40. The number of benzene rings is 1. The number of amides is 1. The van der Waals surface area contributed by atoms with Crippen molar-refractivity contribution < 1.29 is 24.2 Å². The third-order valence-corrected chi connectivity index (χ3v) is 6.55. The van der Waals surface area contributed by atoms with Crippen molar-refractivity contribution in [3.05, 3.63) is 63.6 Å². The highest BCUT2D eigenvalue weighted by atomic mass is 32.1. The summed E-state index contributed by atoms with van der Waals surface area (Å²) < 4.78 is 10.7. The van der Waals surface area contributed by atoms with E-state index < -0.39 is 17.7 Å². The van der Waals surface area contributed by atoms with Gasteiger partial charge in [-0.2, -0.15) is 0 Å². The molecule has 0 spiro atoms. The standard InChI is InChI=1S/C23H26N2O5S/c1-29-17-6-2-5-16(15-17)20-19(21(26)18-7-3-14-31-18)22(27)23(28)25(20)9-4-8-24-10-12-30-13-11-24/h2-3,5-7,14-15,20,27H,4,8-13H2,1H3/t20-/m0/s1. The van der Waals surface area contributed by atoms with Crippen LogP contribution in [0.5, 0.6) is 5.75 Å². The predicted molar refractivity (Wildman–Crippen MR) is 118 cm³/mol. The number of nitrogens with zero attached hydrogens (tertiary/aromatic N) is 2. The minimum Gasteiger partial charge on any atom is -0.503 e. The Morgan fingerprint density at radius 3 is 2.74 bits per heavy atom. The number of aliphatic hydroxyl groups excluding tert-OH is 1. The van der Waals surface area contributed by atoms with Gasteiger partial charge in [0, 0.05) is 26.2 Å². The number of hydrogen-bond acceptors (Lipinski definition) is 7. The molecule has 7 nitrogen and oxygen atoms in total. The van der Waals surface area contributed by atoms with Gasteiger partial charge in [-0.15, -0.1) is 11.3 Å². The van der Waals surface area contributed by atoms with Crippen molar-refractivity contribution >= 4 is 23.0 Å². The first-order chi connectivity index (χ1) is 15.1. The van der Waals surface area contributed by atoms with Crippen molar-refractivity contribution in [2.24, 2.45) is 0 Å². The lowest BCUT2D eigenvalue weighted by molar-refractivity contribution is -0.129. The molecule has 3 heterocycles. The SMILES string of the molecule is COc1cccc([C@H]2C(C(=O)c3cccs3)=C(O)C(=O)N2CCCN2CCOCC2)c1. The molecule has 1 amide bonds. The molecule has 0 radical (unpaired) electrons. The lowest BCUT2D eigenvalue weighted by atomic mass is 9.95. The highest BCUT2D eigenvalue weighted by Gasteiger charge is 2.43. The number of carbonyl (C=O) groups excluding carboxylic acids is 2. The molecule has 2 aliphatic heterocycles. The molecule has 0 bridgehead atoms. The minimum atomic E-state index is -0.651. The highest BCUT2D eigenvalue weighted by molar-refractivity contribution is 7.12. The lowest BCUT2D eigenvalue weighted by Crippen LogP contribution is -2.39. The number of morpholine rings is 1. The third-order valence-electron chi connectivity index (χ3n) is 5.68. The second-order valence-corrected chi connectivity index (χ2v) is 8.50. The van der Waals surface area contributed by atoms with Gasteiger partial charge in [-0.25, -0.2) is 0 Å². The van der Waals surface area contributed by atoms with Crippen LogP contribution in [0, 0.1) is 0 Å². The molecule has 0 saturated carbocycles. The van der Waals surface area contributed by atoms with Crippen LogP contribution in [0.25, 0.3) is 0 Å². The van der Waals surface area contributed by atoms with Gasteiger partial charge in [-0.3, -0.25) is 14.5 Å². The normalized spacial score (nSPS) is 19.8. The second kappa shape index (κ2) is 9.64. The summed E-state index contributed by atoms with van der Waals surface area (Å²) in [5, 5.41) is 12.5. The van der Waals surface area contributed by atoms with Gasteiger partial charge in [0.25, 0.3) is 5.91 Å². The first kappa shape index (κ1) is 21.5. The molecular weight excluding hydrogens is 416 g/mol. The van der Waals surface area contributed by atoms with Crippen molar-refractivity contribution in [3.8, 4) is 5.75 Å². The number of thiophene rings is 1. The second-order valence-electron chi connectivity index (χ2n) is 7.55. The molecule has 2 aromatic rings. The van der Waals surface area contributed by atoms with Crippen molar-refractivity contribution in [3.63, 3.8) is 0 Å². The van der Waals surface area contributed by atoms with Gasteiger partial charge in [-0.05, 0) is 35.6 Å². The van der Waals surface area contributed by atoms with Gasteiger partial charge in [-0.1, -0.05) is 18.2 Å². The third kappa shape index (κ3) is 4.51. The maximum absolute atomic E-state index is 13.2. The fourth-order valence-electron chi connectivity index (χ4n) is 4.10. The Morgan fingerprint density at radius 2 is 2.03 bits per heavy atom. The average Bonchev–Trinajstić information content (AvgIpc) is 3.43. The van der Waals surface area contributed by atoms with E-state index in [9.17, 15) is 14.7 Å². The summed E-state index contributed by atoms with van der Waals surface area (Å²) in [5.41, 5.74) is 0.870. The Morgan fingerprint density at radius 1 is 1.23 bits per heavy atom. The quantitative estimate of drug-likeness (QED) is 0.633. The monoisotopic (exact) mass is 442 g/mol. The van der Waals surface area contributed by atoms with E-state index in [1.807, 2.05) is 29.6 Å². The van der Waals surface area contributed by atoms with Gasteiger partial charge >= 0.3 is 0 Å². The number of aliphatic hydroxyl groups is 1. The molecule has 8 heteroatoms. The summed E-state index contributed by atoms with van der Waals surface area (Å²) in [5.74, 6) is -0.649. The zero-order valence-corrected chi connectivity index (χ0v) is 18.3. The van der Waals surface area contributed by atoms with Crippen molar-refractivity contribution in [1.29, 1.82) is 0 Å². The maximum atomic E-state index is 13.2. The Balaban J connectivity index is 1.61. The molecule has 4 rings (SSSR count). The average molecular weight is 443 g/mol. The zero-order chi connectivity index (χ0) is 21.8. The molecule has 1 fully saturated rings. The number of hydrogen-bond donors (Lipinski definition) is 1. The van der Waals surface area contributed by atoms with Gasteiger partial charge in [0.15, 0.2) is 5.76 Å². The Hall–Kier alpha value is -2.68. The van der Waals surface area contributed by atoms with E-state index in [-0.39, 0.29) is 11.4 Å². The smallest absolute Gasteiger partial charge is 0.290 e. The molecule has 0 aliphatic carbocycles. The van der Waals surface area contributed by atoms with Crippen LogP contribution >= 0.6 is 11.3 Å². The first-order valence-corrected chi connectivity index (χ1v) is 11.2. The number of carbonyl (C=O) groups is 2. The zero-order valence-electron chi connectivity index (χ0n) is 17.5. The van der Waals surface area contributed by atoms with Crippen LogP contribution in [0.3, 0.4) is 0 Å². The molecule has 0 unspecified atom stereocenters. The first-order valence-electron chi connectivity index (χ1n) is 10.4. The molecule has 2 aliphatic rings. The van der Waals surface area contributed by atoms with Crippen molar-refractivity contribution in [2.75, 3.05) is 46.5 Å².